The molecule has 7 heteroatoms. The Kier molecular flexibility index (Phi) is 8.57. The number of aliphatic hydroxyl groups excluding tert-OH is 1. The zero-order valence-electron chi connectivity index (χ0n) is 20.0. The maximum Gasteiger partial charge on any atom is 0.338 e. The number of ether oxygens (including phenoxy) is 3. The Labute approximate surface area is 219 Å². The summed E-state index contributed by atoms with van der Waals surface area (Å²) in [5.41, 5.74) is 1.28. The van der Waals surface area contributed by atoms with Crippen molar-refractivity contribution in [2.24, 2.45) is 4.99 Å². The fourth-order valence-corrected chi connectivity index (χ4v) is 4.31. The maximum absolute atomic E-state index is 13.3. The molecule has 0 bridgehead atoms. The van der Waals surface area contributed by atoms with Crippen LogP contribution in [-0.2, 0) is 14.3 Å². The number of carbonyl (C=O) groups is 1. The number of hydrogen-bond acceptors (Lipinski definition) is 6. The Morgan fingerprint density at radius 2 is 1.81 bits per heavy atom. The van der Waals surface area contributed by atoms with Crippen molar-refractivity contribution >= 4 is 33.9 Å². The fraction of sp³-hybridized carbons (Fsp3) is 0.241. The van der Waals surface area contributed by atoms with Gasteiger partial charge in [0.15, 0.2) is 6.10 Å². The van der Waals surface area contributed by atoms with Crippen LogP contribution in [0.15, 0.2) is 94.4 Å². The van der Waals surface area contributed by atoms with E-state index >= 15 is 0 Å². The molecule has 0 aromatic heterocycles. The van der Waals surface area contributed by atoms with E-state index in [1.54, 1.807) is 0 Å². The topological polar surface area (TPSA) is 77.4 Å². The fourth-order valence-electron chi connectivity index (χ4n) is 4.04. The lowest BCUT2D eigenvalue weighted by Crippen LogP contribution is -2.41. The van der Waals surface area contributed by atoms with Crippen LogP contribution in [0, 0.1) is 0 Å². The van der Waals surface area contributed by atoms with Gasteiger partial charge in [-0.25, -0.2) is 9.79 Å². The molecule has 0 fully saturated rings. The van der Waals surface area contributed by atoms with Crippen LogP contribution < -0.4 is 4.74 Å². The molecule has 1 N–H and O–H groups in total. The van der Waals surface area contributed by atoms with Crippen molar-refractivity contribution in [3.63, 3.8) is 0 Å². The third-order valence-electron chi connectivity index (χ3n) is 5.89. The lowest BCUT2D eigenvalue weighted by molar-refractivity contribution is -0.149. The predicted molar refractivity (Wildman–Crippen MR) is 143 cm³/mol. The molecular formula is C29H28BrNO5. The van der Waals surface area contributed by atoms with E-state index < -0.39 is 17.6 Å². The van der Waals surface area contributed by atoms with E-state index in [4.69, 9.17) is 24.3 Å². The number of rotatable bonds is 10. The summed E-state index contributed by atoms with van der Waals surface area (Å²) in [7, 11) is 1.37. The average Bonchev–Trinajstić information content (AvgIpc) is 3.30. The van der Waals surface area contributed by atoms with E-state index in [9.17, 15) is 4.79 Å². The minimum Gasteiger partial charge on any atom is -0.494 e. The normalized spacial score (nSPS) is 19.1. The minimum atomic E-state index is -1.29. The summed E-state index contributed by atoms with van der Waals surface area (Å²) in [6, 6.07) is 24.9. The van der Waals surface area contributed by atoms with E-state index in [2.05, 4.69) is 15.9 Å². The highest BCUT2D eigenvalue weighted by Gasteiger charge is 2.53. The first-order chi connectivity index (χ1) is 17.6. The first kappa shape index (κ1) is 25.7. The van der Waals surface area contributed by atoms with Crippen molar-refractivity contribution in [2.45, 2.75) is 24.5 Å². The number of carbonyl (C=O) groups excluding carboxylic acids is 1. The van der Waals surface area contributed by atoms with Crippen LogP contribution >= 0.6 is 15.9 Å². The number of methoxy groups -OCH3 is 1. The number of hydrogen-bond donors (Lipinski definition) is 1. The molecule has 0 saturated carbocycles. The van der Waals surface area contributed by atoms with E-state index in [0.29, 0.717) is 31.1 Å². The van der Waals surface area contributed by atoms with Crippen molar-refractivity contribution in [1.29, 1.82) is 0 Å². The summed E-state index contributed by atoms with van der Waals surface area (Å²) in [4.78, 5) is 18.2. The third kappa shape index (κ3) is 5.86. The maximum atomic E-state index is 13.3. The van der Waals surface area contributed by atoms with Crippen molar-refractivity contribution in [1.82, 2.24) is 0 Å². The number of nitrogens with zero attached hydrogens (tertiary/aromatic N) is 1. The van der Waals surface area contributed by atoms with Gasteiger partial charge < -0.3 is 19.3 Å². The van der Waals surface area contributed by atoms with Crippen molar-refractivity contribution < 1.29 is 24.1 Å². The second kappa shape index (κ2) is 12.0. The molecule has 3 aromatic carbocycles. The van der Waals surface area contributed by atoms with Gasteiger partial charge in [-0.3, -0.25) is 0 Å². The molecule has 0 radical (unpaired) electrons. The second-order valence-corrected chi connectivity index (χ2v) is 9.27. The predicted octanol–water partition coefficient (Wildman–Crippen LogP) is 5.74. The summed E-state index contributed by atoms with van der Waals surface area (Å²) in [6.07, 6.45) is 4.08. The smallest absolute Gasteiger partial charge is 0.338 e. The molecular weight excluding hydrogens is 522 g/mol. The molecule has 1 aliphatic rings. The zero-order valence-corrected chi connectivity index (χ0v) is 21.6. The molecule has 2 atom stereocenters. The molecule has 1 aliphatic heterocycles. The highest BCUT2D eigenvalue weighted by Crippen LogP contribution is 2.43. The molecule has 0 aliphatic carbocycles. The first-order valence-corrected chi connectivity index (χ1v) is 12.5. The van der Waals surface area contributed by atoms with Gasteiger partial charge in [-0.1, -0.05) is 70.5 Å². The van der Waals surface area contributed by atoms with Crippen molar-refractivity contribution in [3.8, 4) is 5.75 Å². The van der Waals surface area contributed by atoms with Crippen LogP contribution in [0.25, 0.3) is 6.08 Å². The third-order valence-corrected chi connectivity index (χ3v) is 6.42. The van der Waals surface area contributed by atoms with Gasteiger partial charge in [0.1, 0.15) is 5.75 Å². The van der Waals surface area contributed by atoms with E-state index in [0.717, 1.165) is 21.2 Å². The highest BCUT2D eigenvalue weighted by molar-refractivity contribution is 9.10. The standard InChI is InChI=1S/C29H28BrNO5/c1-34-28(33)29(18-5-9-21-7-3-2-4-8-21)26(22-10-14-24(30)15-11-22)36-27(31-29)23-12-16-25(17-13-23)35-20-6-19-32/h2-5,7-17,26,32H,6,18-20H2,1H3/b9-5+/t26-,29-/m1/s1. The average molecular weight is 550 g/mol. The molecule has 6 nitrogen and oxygen atoms in total. The Balaban J connectivity index is 1.69. The van der Waals surface area contributed by atoms with Crippen LogP contribution in [0.4, 0.5) is 0 Å². The van der Waals surface area contributed by atoms with E-state index in [-0.39, 0.29) is 6.61 Å². The summed E-state index contributed by atoms with van der Waals surface area (Å²) in [5, 5.41) is 8.95. The molecule has 0 saturated heterocycles. The van der Waals surface area contributed by atoms with Gasteiger partial charge in [-0.2, -0.15) is 0 Å². The molecule has 186 valence electrons. The largest absolute Gasteiger partial charge is 0.494 e. The molecule has 4 rings (SSSR count). The number of aliphatic hydroxyl groups is 1. The Morgan fingerprint density at radius 3 is 2.47 bits per heavy atom. The van der Waals surface area contributed by atoms with Crippen LogP contribution in [0.5, 0.6) is 5.75 Å². The van der Waals surface area contributed by atoms with Gasteiger partial charge >= 0.3 is 5.97 Å². The summed E-state index contributed by atoms with van der Waals surface area (Å²) in [5.74, 6) is 0.579. The Morgan fingerprint density at radius 1 is 1.08 bits per heavy atom. The summed E-state index contributed by atoms with van der Waals surface area (Å²) in [6.45, 7) is 0.507. The number of aliphatic imine (C=N–C) groups is 1. The number of benzene rings is 3. The highest BCUT2D eigenvalue weighted by atomic mass is 79.9. The van der Waals surface area contributed by atoms with Gasteiger partial charge in [0.2, 0.25) is 11.4 Å². The summed E-state index contributed by atoms with van der Waals surface area (Å²) < 4.78 is 18.2. The van der Waals surface area contributed by atoms with E-state index in [1.807, 2.05) is 91.0 Å². The van der Waals surface area contributed by atoms with Gasteiger partial charge in [-0.05, 0) is 47.5 Å². The molecule has 1 heterocycles. The Bertz CT molecular complexity index is 1210. The first-order valence-electron chi connectivity index (χ1n) is 11.7. The van der Waals surface area contributed by atoms with Crippen molar-refractivity contribution in [3.05, 3.63) is 106 Å². The van der Waals surface area contributed by atoms with Crippen LogP contribution in [-0.4, -0.2) is 42.8 Å². The van der Waals surface area contributed by atoms with Crippen LogP contribution in [0.3, 0.4) is 0 Å². The van der Waals surface area contributed by atoms with Gasteiger partial charge in [0, 0.05) is 29.5 Å². The van der Waals surface area contributed by atoms with Crippen LogP contribution in [0.1, 0.15) is 35.6 Å². The monoisotopic (exact) mass is 549 g/mol. The molecule has 36 heavy (non-hydrogen) atoms. The Hall–Kier alpha value is -3.42. The molecule has 0 unspecified atom stereocenters. The molecule has 0 spiro atoms. The lowest BCUT2D eigenvalue weighted by atomic mass is 9.85. The zero-order chi connectivity index (χ0) is 25.4. The SMILES string of the molecule is COC(=O)[C@]1(C/C=C/c2ccccc2)N=C(c2ccc(OCCCO)cc2)O[C@@H]1c1ccc(Br)cc1. The quantitative estimate of drug-likeness (QED) is 0.257. The number of halogens is 1. The summed E-state index contributed by atoms with van der Waals surface area (Å²) >= 11 is 3.47. The second-order valence-electron chi connectivity index (χ2n) is 8.35. The van der Waals surface area contributed by atoms with Gasteiger partial charge in [0.25, 0.3) is 0 Å². The van der Waals surface area contributed by atoms with Gasteiger partial charge in [0.05, 0.1) is 13.7 Å². The molecule has 0 amide bonds. The minimum absolute atomic E-state index is 0.0779. The van der Waals surface area contributed by atoms with Crippen LogP contribution in [0.2, 0.25) is 0 Å². The van der Waals surface area contributed by atoms with E-state index in [1.165, 1.54) is 7.11 Å². The lowest BCUT2D eigenvalue weighted by Gasteiger charge is -2.28. The van der Waals surface area contributed by atoms with Crippen molar-refractivity contribution in [2.75, 3.05) is 20.3 Å². The molecule has 3 aromatic rings. The van der Waals surface area contributed by atoms with Gasteiger partial charge in [-0.15, -0.1) is 0 Å². The number of esters is 1.